The molecule has 24 heavy (non-hydrogen) atoms. The molecule has 0 saturated carbocycles. The molecule has 4 rings (SSSR count). The molecule has 0 spiro atoms. The number of hydrogen-bond acceptors (Lipinski definition) is 4. The van der Waals surface area contributed by atoms with E-state index >= 15 is 0 Å². The molecule has 0 atom stereocenters. The summed E-state index contributed by atoms with van der Waals surface area (Å²) < 4.78 is 1.23. The number of nitrogens with zero attached hydrogens (tertiary/aromatic N) is 3. The van der Waals surface area contributed by atoms with Crippen LogP contribution in [0.5, 0.6) is 0 Å². The zero-order chi connectivity index (χ0) is 16.5. The van der Waals surface area contributed by atoms with Crippen LogP contribution in [0.1, 0.15) is 15.9 Å². The van der Waals surface area contributed by atoms with Crippen LogP contribution in [0.15, 0.2) is 48.5 Å². The van der Waals surface area contributed by atoms with Crippen LogP contribution >= 0.6 is 11.3 Å². The maximum Gasteiger partial charge on any atom is 0.253 e. The number of carbonyl (C=O) groups is 1. The second kappa shape index (κ2) is 6.24. The van der Waals surface area contributed by atoms with Crippen molar-refractivity contribution in [3.63, 3.8) is 0 Å². The minimum atomic E-state index is 0.121. The van der Waals surface area contributed by atoms with Crippen LogP contribution in [0, 0.1) is 6.92 Å². The van der Waals surface area contributed by atoms with E-state index in [4.69, 9.17) is 4.98 Å². The highest BCUT2D eigenvalue weighted by molar-refractivity contribution is 7.22. The number of rotatable bonds is 2. The fraction of sp³-hybridized carbons (Fsp3) is 0.263. The third-order valence-electron chi connectivity index (χ3n) is 4.39. The maximum absolute atomic E-state index is 12.5. The van der Waals surface area contributed by atoms with Gasteiger partial charge in [0.25, 0.3) is 5.91 Å². The Balaban J connectivity index is 1.46. The van der Waals surface area contributed by atoms with E-state index in [1.165, 1.54) is 10.3 Å². The molecule has 2 heterocycles. The number of thiazole rings is 1. The predicted octanol–water partition coefficient (Wildman–Crippen LogP) is 3.57. The normalized spacial score (nSPS) is 15.0. The smallest absolute Gasteiger partial charge is 0.253 e. The summed E-state index contributed by atoms with van der Waals surface area (Å²) in [6.45, 7) is 5.24. The summed E-state index contributed by atoms with van der Waals surface area (Å²) in [5.41, 5.74) is 3.08. The number of piperazine rings is 1. The number of benzene rings is 2. The highest BCUT2D eigenvalue weighted by atomic mass is 32.1. The number of carbonyl (C=O) groups excluding carboxylic acids is 1. The first kappa shape index (κ1) is 15.1. The van der Waals surface area contributed by atoms with E-state index in [1.54, 1.807) is 11.3 Å². The minimum Gasteiger partial charge on any atom is -0.345 e. The number of hydrogen-bond donors (Lipinski definition) is 0. The van der Waals surface area contributed by atoms with Crippen molar-refractivity contribution >= 4 is 32.6 Å². The van der Waals surface area contributed by atoms with Gasteiger partial charge in [-0.15, -0.1) is 0 Å². The summed E-state index contributed by atoms with van der Waals surface area (Å²) in [4.78, 5) is 21.5. The van der Waals surface area contributed by atoms with Crippen LogP contribution in [-0.4, -0.2) is 42.0 Å². The largest absolute Gasteiger partial charge is 0.345 e. The van der Waals surface area contributed by atoms with E-state index < -0.39 is 0 Å². The topological polar surface area (TPSA) is 36.4 Å². The summed E-state index contributed by atoms with van der Waals surface area (Å²) in [5.74, 6) is 0.121. The standard InChI is InChI=1S/C19H19N3OS/c1-14-7-8-16-17(13-14)24-19(20-16)22-11-9-21(10-12-22)18(23)15-5-3-2-4-6-15/h2-8,13H,9-12H2,1H3. The molecule has 0 bridgehead atoms. The highest BCUT2D eigenvalue weighted by Crippen LogP contribution is 2.30. The van der Waals surface area contributed by atoms with Gasteiger partial charge in [-0.25, -0.2) is 4.98 Å². The molecular weight excluding hydrogens is 318 g/mol. The molecule has 1 aliphatic rings. The Hall–Kier alpha value is -2.40. The molecule has 0 N–H and O–H groups in total. The van der Waals surface area contributed by atoms with Gasteiger partial charge in [0.05, 0.1) is 10.2 Å². The zero-order valence-corrected chi connectivity index (χ0v) is 14.4. The van der Waals surface area contributed by atoms with Gasteiger partial charge in [-0.05, 0) is 36.8 Å². The second-order valence-corrected chi connectivity index (χ2v) is 7.12. The van der Waals surface area contributed by atoms with Crippen LogP contribution in [0.4, 0.5) is 5.13 Å². The zero-order valence-electron chi connectivity index (χ0n) is 13.6. The summed E-state index contributed by atoms with van der Waals surface area (Å²) in [6.07, 6.45) is 0. The number of anilines is 1. The van der Waals surface area contributed by atoms with Crippen molar-refractivity contribution in [2.75, 3.05) is 31.1 Å². The Bertz CT molecular complexity index is 867. The molecule has 1 aliphatic heterocycles. The lowest BCUT2D eigenvalue weighted by atomic mass is 10.2. The van der Waals surface area contributed by atoms with Crippen molar-refractivity contribution in [2.45, 2.75) is 6.92 Å². The highest BCUT2D eigenvalue weighted by Gasteiger charge is 2.23. The van der Waals surface area contributed by atoms with E-state index in [-0.39, 0.29) is 5.91 Å². The predicted molar refractivity (Wildman–Crippen MR) is 98.9 cm³/mol. The van der Waals surface area contributed by atoms with Gasteiger partial charge in [-0.2, -0.15) is 0 Å². The molecule has 1 saturated heterocycles. The molecule has 5 heteroatoms. The van der Waals surface area contributed by atoms with Gasteiger partial charge in [0.1, 0.15) is 0 Å². The Kier molecular flexibility index (Phi) is 3.94. The SMILES string of the molecule is Cc1ccc2nc(N3CCN(C(=O)c4ccccc4)CC3)sc2c1. The molecule has 1 aromatic heterocycles. The summed E-state index contributed by atoms with van der Waals surface area (Å²) >= 11 is 1.74. The molecule has 122 valence electrons. The summed E-state index contributed by atoms with van der Waals surface area (Å²) in [5, 5.41) is 1.06. The van der Waals surface area contributed by atoms with Gasteiger partial charge >= 0.3 is 0 Å². The van der Waals surface area contributed by atoms with Crippen molar-refractivity contribution in [3.8, 4) is 0 Å². The fourth-order valence-electron chi connectivity index (χ4n) is 3.02. The average molecular weight is 337 g/mol. The van der Waals surface area contributed by atoms with Gasteiger partial charge in [-0.1, -0.05) is 35.6 Å². The Morgan fingerprint density at radius 3 is 2.54 bits per heavy atom. The van der Waals surface area contributed by atoms with Gasteiger partial charge in [0.15, 0.2) is 5.13 Å². The molecule has 0 radical (unpaired) electrons. The number of aryl methyl sites for hydroxylation is 1. The lowest BCUT2D eigenvalue weighted by Gasteiger charge is -2.34. The molecule has 0 unspecified atom stereocenters. The molecule has 2 aromatic carbocycles. The van der Waals surface area contributed by atoms with E-state index in [2.05, 4.69) is 30.0 Å². The van der Waals surface area contributed by atoms with Crippen LogP contribution < -0.4 is 4.90 Å². The molecule has 1 fully saturated rings. The Labute approximate surface area is 145 Å². The number of amides is 1. The van der Waals surface area contributed by atoms with Crippen LogP contribution in [0.2, 0.25) is 0 Å². The van der Waals surface area contributed by atoms with Gasteiger partial charge in [-0.3, -0.25) is 4.79 Å². The monoisotopic (exact) mass is 337 g/mol. The first-order chi connectivity index (χ1) is 11.7. The lowest BCUT2D eigenvalue weighted by molar-refractivity contribution is 0.0747. The van der Waals surface area contributed by atoms with Gasteiger partial charge in [0, 0.05) is 31.7 Å². The molecular formula is C19H19N3OS. The van der Waals surface area contributed by atoms with E-state index in [0.717, 1.165) is 42.4 Å². The summed E-state index contributed by atoms with van der Waals surface area (Å²) in [6, 6.07) is 15.9. The third kappa shape index (κ3) is 2.87. The fourth-order valence-corrected chi connectivity index (χ4v) is 4.13. The van der Waals surface area contributed by atoms with E-state index in [9.17, 15) is 4.79 Å². The average Bonchev–Trinajstić information content (AvgIpc) is 3.05. The van der Waals surface area contributed by atoms with Crippen LogP contribution in [0.25, 0.3) is 10.2 Å². The van der Waals surface area contributed by atoms with Gasteiger partial charge in [0.2, 0.25) is 0 Å². The van der Waals surface area contributed by atoms with E-state index in [0.29, 0.717) is 0 Å². The number of aromatic nitrogens is 1. The summed E-state index contributed by atoms with van der Waals surface area (Å²) in [7, 11) is 0. The van der Waals surface area contributed by atoms with Crippen molar-refractivity contribution in [1.82, 2.24) is 9.88 Å². The van der Waals surface area contributed by atoms with Gasteiger partial charge < -0.3 is 9.80 Å². The minimum absolute atomic E-state index is 0.121. The molecule has 4 nitrogen and oxygen atoms in total. The van der Waals surface area contributed by atoms with Crippen molar-refractivity contribution in [2.24, 2.45) is 0 Å². The van der Waals surface area contributed by atoms with Crippen LogP contribution in [-0.2, 0) is 0 Å². The molecule has 0 aliphatic carbocycles. The lowest BCUT2D eigenvalue weighted by Crippen LogP contribution is -2.48. The van der Waals surface area contributed by atoms with Crippen molar-refractivity contribution in [3.05, 3.63) is 59.7 Å². The first-order valence-corrected chi connectivity index (χ1v) is 8.99. The molecule has 3 aromatic rings. The van der Waals surface area contributed by atoms with Crippen molar-refractivity contribution in [1.29, 1.82) is 0 Å². The van der Waals surface area contributed by atoms with Crippen molar-refractivity contribution < 1.29 is 4.79 Å². The third-order valence-corrected chi connectivity index (χ3v) is 5.47. The Morgan fingerprint density at radius 2 is 1.79 bits per heavy atom. The first-order valence-electron chi connectivity index (χ1n) is 8.17. The maximum atomic E-state index is 12.5. The molecule has 1 amide bonds. The Morgan fingerprint density at radius 1 is 1.04 bits per heavy atom. The second-order valence-electron chi connectivity index (χ2n) is 6.11. The number of fused-ring (bicyclic) bond motifs is 1. The van der Waals surface area contributed by atoms with E-state index in [1.807, 2.05) is 35.2 Å². The van der Waals surface area contributed by atoms with Crippen LogP contribution in [0.3, 0.4) is 0 Å². The quantitative estimate of drug-likeness (QED) is 0.717.